The molecule has 0 rings (SSSR count). The number of esters is 4. The van der Waals surface area contributed by atoms with Gasteiger partial charge in [0.1, 0.15) is 19.3 Å². The molecular formula is C81H158O17P2. The smallest absolute Gasteiger partial charge is 0.462 e. The zero-order valence-corrected chi connectivity index (χ0v) is 67.5. The predicted molar refractivity (Wildman–Crippen MR) is 409 cm³/mol. The quantitative estimate of drug-likeness (QED) is 0.0222. The molecule has 0 amide bonds. The van der Waals surface area contributed by atoms with Gasteiger partial charge in [-0.05, 0) is 43.4 Å². The Bertz CT molecular complexity index is 1940. The molecule has 7 atom stereocenters. The van der Waals surface area contributed by atoms with Crippen molar-refractivity contribution in [2.45, 2.75) is 439 Å². The number of hydrogen-bond donors (Lipinski definition) is 3. The minimum atomic E-state index is -4.96. The molecule has 0 saturated heterocycles. The zero-order chi connectivity index (χ0) is 73.7. The highest BCUT2D eigenvalue weighted by atomic mass is 31.2. The number of rotatable bonds is 79. The first-order valence-corrected chi connectivity index (χ1v) is 44.9. The summed E-state index contributed by atoms with van der Waals surface area (Å²) in [7, 11) is -9.92. The molecule has 0 aliphatic rings. The van der Waals surface area contributed by atoms with Crippen molar-refractivity contribution in [3.63, 3.8) is 0 Å². The van der Waals surface area contributed by atoms with E-state index in [2.05, 4.69) is 48.5 Å². The summed E-state index contributed by atoms with van der Waals surface area (Å²) in [4.78, 5) is 73.0. The van der Waals surface area contributed by atoms with Crippen LogP contribution in [0.4, 0.5) is 0 Å². The van der Waals surface area contributed by atoms with Crippen LogP contribution in [0.3, 0.4) is 0 Å². The summed E-state index contributed by atoms with van der Waals surface area (Å²) < 4.78 is 68.7. The van der Waals surface area contributed by atoms with E-state index in [0.29, 0.717) is 25.7 Å². The first-order chi connectivity index (χ1) is 48.3. The molecule has 0 heterocycles. The van der Waals surface area contributed by atoms with Gasteiger partial charge >= 0.3 is 39.5 Å². The lowest BCUT2D eigenvalue weighted by molar-refractivity contribution is -0.161. The lowest BCUT2D eigenvalue weighted by Gasteiger charge is -2.21. The van der Waals surface area contributed by atoms with E-state index in [0.717, 1.165) is 108 Å². The van der Waals surface area contributed by atoms with Gasteiger partial charge in [-0.15, -0.1) is 0 Å². The molecule has 0 fully saturated rings. The van der Waals surface area contributed by atoms with E-state index in [9.17, 15) is 43.2 Å². The molecule has 0 spiro atoms. The molecule has 19 heteroatoms. The molecule has 0 aliphatic heterocycles. The molecule has 0 aromatic rings. The molecule has 0 radical (unpaired) electrons. The minimum absolute atomic E-state index is 0.106. The Labute approximate surface area is 613 Å². The molecule has 0 saturated carbocycles. The van der Waals surface area contributed by atoms with Crippen molar-refractivity contribution in [3.05, 3.63) is 0 Å². The van der Waals surface area contributed by atoms with E-state index in [1.54, 1.807) is 0 Å². The molecule has 594 valence electrons. The highest BCUT2D eigenvalue weighted by Crippen LogP contribution is 2.45. The third-order valence-electron chi connectivity index (χ3n) is 19.6. The molecule has 0 bridgehead atoms. The van der Waals surface area contributed by atoms with Crippen molar-refractivity contribution >= 4 is 39.5 Å². The minimum Gasteiger partial charge on any atom is -0.462 e. The largest absolute Gasteiger partial charge is 0.472 e. The van der Waals surface area contributed by atoms with Crippen molar-refractivity contribution in [2.75, 3.05) is 39.6 Å². The molecular weight excluding hydrogens is 1310 g/mol. The van der Waals surface area contributed by atoms with Crippen LogP contribution in [0.15, 0.2) is 0 Å². The molecule has 3 N–H and O–H groups in total. The van der Waals surface area contributed by atoms with Gasteiger partial charge in [-0.2, -0.15) is 0 Å². The number of aliphatic hydroxyl groups excluding tert-OH is 1. The van der Waals surface area contributed by atoms with E-state index in [1.165, 1.54) is 231 Å². The maximum absolute atomic E-state index is 13.1. The van der Waals surface area contributed by atoms with Crippen molar-refractivity contribution in [1.29, 1.82) is 0 Å². The van der Waals surface area contributed by atoms with Gasteiger partial charge in [0, 0.05) is 25.7 Å². The number of carbonyl (C=O) groups excluding carboxylic acids is 4. The van der Waals surface area contributed by atoms with Crippen LogP contribution in [-0.4, -0.2) is 96.7 Å². The topological polar surface area (TPSA) is 237 Å². The highest BCUT2D eigenvalue weighted by Gasteiger charge is 2.30. The zero-order valence-electron chi connectivity index (χ0n) is 65.7. The molecule has 0 aromatic heterocycles. The summed E-state index contributed by atoms with van der Waals surface area (Å²) >= 11 is 0. The van der Waals surface area contributed by atoms with E-state index < -0.39 is 97.5 Å². The SMILES string of the molecule is CCCCCCCCCCCC(=O)OC[C@H](COP(=O)(O)OC[C@H](O)COP(=O)(O)OC[C@@H](COC(=O)CCCCCCCCCCCCCCC(C)C)OC(=O)CCCCCCCCCCCCCCCCCCCCC(C)CC)OC(=O)CCCCCCCCCCCCC(C)CC. The average molecular weight is 1470 g/mol. The number of ether oxygens (including phenoxy) is 4. The number of phosphoric acid groups is 2. The van der Waals surface area contributed by atoms with Gasteiger partial charge in [0.2, 0.25) is 0 Å². The van der Waals surface area contributed by atoms with Gasteiger partial charge in [0.25, 0.3) is 0 Å². The molecule has 0 aromatic carbocycles. The first kappa shape index (κ1) is 98.1. The Morgan fingerprint density at radius 3 is 0.760 bits per heavy atom. The normalized spacial score (nSPS) is 14.5. The molecule has 17 nitrogen and oxygen atoms in total. The fraction of sp³-hybridized carbons (Fsp3) is 0.951. The second-order valence-electron chi connectivity index (χ2n) is 30.1. The Balaban J connectivity index is 5.21. The summed E-state index contributed by atoms with van der Waals surface area (Å²) in [6.07, 6.45) is 59.6. The van der Waals surface area contributed by atoms with E-state index in [1.807, 2.05) is 0 Å². The third-order valence-corrected chi connectivity index (χ3v) is 21.5. The van der Waals surface area contributed by atoms with Crippen LogP contribution in [0.2, 0.25) is 0 Å². The van der Waals surface area contributed by atoms with Gasteiger partial charge in [0.05, 0.1) is 26.4 Å². The lowest BCUT2D eigenvalue weighted by atomic mass is 9.99. The predicted octanol–water partition coefficient (Wildman–Crippen LogP) is 24.1. The van der Waals surface area contributed by atoms with Crippen molar-refractivity contribution in [3.8, 4) is 0 Å². The molecule has 100 heavy (non-hydrogen) atoms. The van der Waals surface area contributed by atoms with Crippen LogP contribution in [0.1, 0.15) is 421 Å². The van der Waals surface area contributed by atoms with Gasteiger partial charge in [-0.25, -0.2) is 9.13 Å². The number of phosphoric ester groups is 2. The molecule has 4 unspecified atom stereocenters. The van der Waals surface area contributed by atoms with Crippen LogP contribution >= 0.6 is 15.6 Å². The van der Waals surface area contributed by atoms with E-state index >= 15 is 0 Å². The second-order valence-corrected chi connectivity index (χ2v) is 33.0. The summed E-state index contributed by atoms with van der Waals surface area (Å²) in [5.41, 5.74) is 0. The summed E-state index contributed by atoms with van der Waals surface area (Å²) in [6.45, 7) is 12.0. The van der Waals surface area contributed by atoms with Crippen LogP contribution in [0, 0.1) is 17.8 Å². The Kier molecular flexibility index (Phi) is 69.9. The van der Waals surface area contributed by atoms with Crippen molar-refractivity contribution in [2.24, 2.45) is 17.8 Å². The Hall–Kier alpha value is -1.94. The van der Waals surface area contributed by atoms with E-state index in [4.69, 9.17) is 37.0 Å². The van der Waals surface area contributed by atoms with Crippen LogP contribution < -0.4 is 0 Å². The number of unbranched alkanes of at least 4 members (excludes halogenated alkanes) is 45. The van der Waals surface area contributed by atoms with Crippen LogP contribution in [0.5, 0.6) is 0 Å². The maximum atomic E-state index is 13.1. The van der Waals surface area contributed by atoms with Crippen LogP contribution in [0.25, 0.3) is 0 Å². The Morgan fingerprint density at radius 2 is 0.510 bits per heavy atom. The fourth-order valence-electron chi connectivity index (χ4n) is 12.4. The first-order valence-electron chi connectivity index (χ1n) is 41.9. The molecule has 0 aliphatic carbocycles. The summed E-state index contributed by atoms with van der Waals surface area (Å²) in [5.74, 6) is 0.344. The van der Waals surface area contributed by atoms with Crippen LogP contribution in [-0.2, 0) is 65.4 Å². The van der Waals surface area contributed by atoms with Gasteiger partial charge < -0.3 is 33.8 Å². The summed E-state index contributed by atoms with van der Waals surface area (Å²) in [6, 6.07) is 0. The number of hydrogen-bond acceptors (Lipinski definition) is 15. The average Bonchev–Trinajstić information content (AvgIpc) is 0.945. The van der Waals surface area contributed by atoms with E-state index in [-0.39, 0.29) is 25.7 Å². The van der Waals surface area contributed by atoms with Gasteiger partial charge in [0.15, 0.2) is 12.2 Å². The fourth-order valence-corrected chi connectivity index (χ4v) is 14.0. The highest BCUT2D eigenvalue weighted by molar-refractivity contribution is 7.47. The third kappa shape index (κ3) is 71.7. The van der Waals surface area contributed by atoms with Crippen molar-refractivity contribution in [1.82, 2.24) is 0 Å². The number of aliphatic hydroxyl groups is 1. The van der Waals surface area contributed by atoms with Crippen molar-refractivity contribution < 1.29 is 80.2 Å². The lowest BCUT2D eigenvalue weighted by Crippen LogP contribution is -2.30. The number of carbonyl (C=O) groups is 4. The second kappa shape index (κ2) is 71.3. The standard InChI is InChI=1S/C81H158O17P2/c1-8-11-12-13-14-31-41-48-55-62-78(83)91-68-76(98-81(86)65-58-51-44-37-30-29-34-40-47-54-61-74(7)10-3)70-95-99(87,88)93-66-75(82)67-94-100(89,90)96-71-77(69-92-79(84)63-56-49-42-35-27-24-23-25-32-38-45-52-59-72(4)5)97-80(85)64-57-50-43-36-28-22-20-18-16-15-17-19-21-26-33-39-46-53-60-73(6)9-2/h72-77,82H,8-71H2,1-7H3,(H,87,88)(H,89,90)/t73?,74?,75-,76+,77+/m0/s1. The maximum Gasteiger partial charge on any atom is 0.472 e. The monoisotopic (exact) mass is 1470 g/mol. The summed E-state index contributed by atoms with van der Waals surface area (Å²) in [5, 5.41) is 10.6. The van der Waals surface area contributed by atoms with Gasteiger partial charge in [-0.3, -0.25) is 37.3 Å². The van der Waals surface area contributed by atoms with Gasteiger partial charge in [-0.1, -0.05) is 370 Å². The Morgan fingerprint density at radius 1 is 0.290 bits per heavy atom.